The third kappa shape index (κ3) is 3.04. The van der Waals surface area contributed by atoms with E-state index in [9.17, 15) is 0 Å². The third-order valence-electron chi connectivity index (χ3n) is 3.43. The van der Waals surface area contributed by atoms with Gasteiger partial charge in [0, 0.05) is 23.6 Å². The van der Waals surface area contributed by atoms with Crippen molar-refractivity contribution in [1.29, 1.82) is 5.26 Å². The molecule has 0 radical (unpaired) electrons. The number of anilines is 1. The summed E-state index contributed by atoms with van der Waals surface area (Å²) in [5, 5.41) is 12.5. The number of nitrogens with one attached hydrogen (secondary N) is 1. The number of nitrogens with zero attached hydrogens (tertiary/aromatic N) is 2. The van der Waals surface area contributed by atoms with Crippen LogP contribution in [0.5, 0.6) is 0 Å². The molecule has 2 atom stereocenters. The van der Waals surface area contributed by atoms with E-state index in [2.05, 4.69) is 51.3 Å². The van der Waals surface area contributed by atoms with Gasteiger partial charge in [0.05, 0.1) is 24.2 Å². The summed E-state index contributed by atoms with van der Waals surface area (Å²) < 4.78 is 1.10. The van der Waals surface area contributed by atoms with Crippen LogP contribution >= 0.6 is 15.9 Å². The van der Waals surface area contributed by atoms with Gasteiger partial charge in [-0.15, -0.1) is 0 Å². The first-order chi connectivity index (χ1) is 8.72. The summed E-state index contributed by atoms with van der Waals surface area (Å²) in [5.74, 6) is 0. The van der Waals surface area contributed by atoms with Gasteiger partial charge in [-0.3, -0.25) is 0 Å². The van der Waals surface area contributed by atoms with Crippen molar-refractivity contribution in [2.75, 3.05) is 18.0 Å². The molecular formula is C14H18BrN3. The van der Waals surface area contributed by atoms with Gasteiger partial charge in [-0.25, -0.2) is 0 Å². The number of nitriles is 1. The highest BCUT2D eigenvalue weighted by atomic mass is 79.9. The summed E-state index contributed by atoms with van der Waals surface area (Å²) in [6.45, 7) is 4.06. The van der Waals surface area contributed by atoms with Gasteiger partial charge in [0.2, 0.25) is 0 Å². The number of hydrogen-bond donors (Lipinski definition) is 1. The Kier molecular flexibility index (Phi) is 4.62. The van der Waals surface area contributed by atoms with E-state index in [0.717, 1.165) is 24.0 Å². The maximum absolute atomic E-state index is 8.99. The molecule has 0 aromatic heterocycles. The summed E-state index contributed by atoms with van der Waals surface area (Å²) in [4.78, 5) is 2.35. The standard InChI is InChI=1S/C14H18BrN3/c1-11-7-9-18(12(6-8-16)10-17-11)14-5-3-2-4-13(14)15/h2-5,11-12,17H,6-7,9-10H2,1H3. The fourth-order valence-corrected chi connectivity index (χ4v) is 2.87. The number of rotatable bonds is 2. The molecule has 4 heteroatoms. The molecule has 1 aromatic rings. The summed E-state index contributed by atoms with van der Waals surface area (Å²) >= 11 is 3.61. The average molecular weight is 308 g/mol. The second-order valence-corrected chi connectivity index (χ2v) is 5.61. The molecule has 2 unspecified atom stereocenters. The van der Waals surface area contributed by atoms with Gasteiger partial charge >= 0.3 is 0 Å². The van der Waals surface area contributed by atoms with Crippen molar-refractivity contribution in [1.82, 2.24) is 5.32 Å². The van der Waals surface area contributed by atoms with Crippen LogP contribution in [0.2, 0.25) is 0 Å². The lowest BCUT2D eigenvalue weighted by Gasteiger charge is -2.31. The predicted octanol–water partition coefficient (Wildman–Crippen LogP) is 2.92. The van der Waals surface area contributed by atoms with Crippen molar-refractivity contribution < 1.29 is 0 Å². The zero-order valence-corrected chi connectivity index (χ0v) is 12.2. The second kappa shape index (κ2) is 6.21. The molecule has 0 aliphatic carbocycles. The molecule has 0 saturated carbocycles. The van der Waals surface area contributed by atoms with Crippen LogP contribution in [0.1, 0.15) is 19.8 Å². The molecule has 1 aromatic carbocycles. The highest BCUT2D eigenvalue weighted by Crippen LogP contribution is 2.29. The molecule has 96 valence electrons. The van der Waals surface area contributed by atoms with E-state index in [1.54, 1.807) is 0 Å². The van der Waals surface area contributed by atoms with Gasteiger partial charge < -0.3 is 10.2 Å². The van der Waals surface area contributed by atoms with E-state index in [-0.39, 0.29) is 6.04 Å². The van der Waals surface area contributed by atoms with Crippen molar-refractivity contribution in [2.24, 2.45) is 0 Å². The van der Waals surface area contributed by atoms with Crippen molar-refractivity contribution in [3.05, 3.63) is 28.7 Å². The van der Waals surface area contributed by atoms with Crippen LogP contribution in [-0.4, -0.2) is 25.2 Å². The predicted molar refractivity (Wildman–Crippen MR) is 77.6 cm³/mol. The highest BCUT2D eigenvalue weighted by Gasteiger charge is 2.24. The fraction of sp³-hybridized carbons (Fsp3) is 0.500. The Bertz CT molecular complexity index is 441. The molecule has 1 N–H and O–H groups in total. The van der Waals surface area contributed by atoms with Gasteiger partial charge in [-0.05, 0) is 41.4 Å². The molecule has 0 amide bonds. The van der Waals surface area contributed by atoms with Gasteiger partial charge in [-0.2, -0.15) is 5.26 Å². The minimum atomic E-state index is 0.249. The highest BCUT2D eigenvalue weighted by molar-refractivity contribution is 9.10. The lowest BCUT2D eigenvalue weighted by atomic mass is 10.1. The summed E-state index contributed by atoms with van der Waals surface area (Å²) in [7, 11) is 0. The third-order valence-corrected chi connectivity index (χ3v) is 4.11. The molecule has 1 aliphatic rings. The van der Waals surface area contributed by atoms with E-state index < -0.39 is 0 Å². The number of para-hydroxylation sites is 1. The largest absolute Gasteiger partial charge is 0.365 e. The SMILES string of the molecule is CC1CCN(c2ccccc2Br)C(CC#N)CN1. The van der Waals surface area contributed by atoms with Crippen molar-refractivity contribution >= 4 is 21.6 Å². The van der Waals surface area contributed by atoms with Crippen LogP contribution in [0, 0.1) is 11.3 Å². The van der Waals surface area contributed by atoms with Gasteiger partial charge in [0.15, 0.2) is 0 Å². The molecular weight excluding hydrogens is 290 g/mol. The first kappa shape index (κ1) is 13.4. The molecule has 0 bridgehead atoms. The molecule has 18 heavy (non-hydrogen) atoms. The minimum Gasteiger partial charge on any atom is -0.365 e. The Balaban J connectivity index is 2.26. The maximum Gasteiger partial charge on any atom is 0.0643 e. The van der Waals surface area contributed by atoms with Crippen LogP contribution < -0.4 is 10.2 Å². The summed E-state index contributed by atoms with van der Waals surface area (Å²) in [6, 6.07) is 11.3. The number of halogens is 1. The van der Waals surface area contributed by atoms with Gasteiger partial charge in [0.1, 0.15) is 0 Å². The second-order valence-electron chi connectivity index (χ2n) is 4.76. The smallest absolute Gasteiger partial charge is 0.0643 e. The van der Waals surface area contributed by atoms with Crippen LogP contribution in [0.4, 0.5) is 5.69 Å². The van der Waals surface area contributed by atoms with Crippen LogP contribution in [0.25, 0.3) is 0 Å². The van der Waals surface area contributed by atoms with E-state index in [1.165, 1.54) is 5.69 Å². The lowest BCUT2D eigenvalue weighted by Crippen LogP contribution is -2.40. The zero-order chi connectivity index (χ0) is 13.0. The molecule has 1 aliphatic heterocycles. The lowest BCUT2D eigenvalue weighted by molar-refractivity contribution is 0.538. The van der Waals surface area contributed by atoms with Gasteiger partial charge in [-0.1, -0.05) is 12.1 Å². The fourth-order valence-electron chi connectivity index (χ4n) is 2.35. The van der Waals surface area contributed by atoms with E-state index in [1.807, 2.05) is 12.1 Å². The molecule has 1 saturated heterocycles. The minimum absolute atomic E-state index is 0.249. The van der Waals surface area contributed by atoms with Crippen molar-refractivity contribution in [3.8, 4) is 6.07 Å². The monoisotopic (exact) mass is 307 g/mol. The average Bonchev–Trinajstić information content (AvgIpc) is 2.54. The Hall–Kier alpha value is -1.05. The Morgan fingerprint density at radius 1 is 1.50 bits per heavy atom. The first-order valence-corrected chi connectivity index (χ1v) is 7.13. The number of hydrogen-bond acceptors (Lipinski definition) is 3. The molecule has 3 nitrogen and oxygen atoms in total. The maximum atomic E-state index is 8.99. The Morgan fingerprint density at radius 2 is 2.28 bits per heavy atom. The Morgan fingerprint density at radius 3 is 3.00 bits per heavy atom. The molecule has 1 heterocycles. The molecule has 2 rings (SSSR count). The van der Waals surface area contributed by atoms with E-state index in [0.29, 0.717) is 12.5 Å². The van der Waals surface area contributed by atoms with E-state index >= 15 is 0 Å². The quantitative estimate of drug-likeness (QED) is 0.913. The van der Waals surface area contributed by atoms with Crippen molar-refractivity contribution in [3.63, 3.8) is 0 Å². The first-order valence-electron chi connectivity index (χ1n) is 6.34. The normalized spacial score (nSPS) is 24.4. The number of benzene rings is 1. The van der Waals surface area contributed by atoms with Crippen LogP contribution in [0.15, 0.2) is 28.7 Å². The Labute approximate surface area is 117 Å². The molecule has 0 spiro atoms. The summed E-state index contributed by atoms with van der Waals surface area (Å²) in [6.07, 6.45) is 1.66. The van der Waals surface area contributed by atoms with Gasteiger partial charge in [0.25, 0.3) is 0 Å². The molecule has 1 fully saturated rings. The summed E-state index contributed by atoms with van der Waals surface area (Å²) in [5.41, 5.74) is 1.19. The van der Waals surface area contributed by atoms with Crippen LogP contribution in [0.3, 0.4) is 0 Å². The zero-order valence-electron chi connectivity index (χ0n) is 10.6. The van der Waals surface area contributed by atoms with Crippen LogP contribution in [-0.2, 0) is 0 Å². The van der Waals surface area contributed by atoms with Crippen molar-refractivity contribution in [2.45, 2.75) is 31.8 Å². The van der Waals surface area contributed by atoms with E-state index in [4.69, 9.17) is 5.26 Å². The topological polar surface area (TPSA) is 39.1 Å².